The van der Waals surface area contributed by atoms with Gasteiger partial charge in [0.2, 0.25) is 5.91 Å². The number of alkyl halides is 4. The first kappa shape index (κ1) is 24.5. The van der Waals surface area contributed by atoms with Crippen molar-refractivity contribution in [3.63, 3.8) is 0 Å². The van der Waals surface area contributed by atoms with Crippen molar-refractivity contribution in [1.82, 2.24) is 0 Å². The van der Waals surface area contributed by atoms with Crippen LogP contribution in [-0.2, 0) is 20.3 Å². The summed E-state index contributed by atoms with van der Waals surface area (Å²) >= 11 is 5.88. The van der Waals surface area contributed by atoms with E-state index in [4.69, 9.17) is 22.6 Å². The van der Waals surface area contributed by atoms with Crippen molar-refractivity contribution in [3.05, 3.63) is 48.0 Å². The first-order chi connectivity index (χ1) is 15.7. The van der Waals surface area contributed by atoms with Gasteiger partial charge in [-0.1, -0.05) is 17.2 Å². The van der Waals surface area contributed by atoms with Crippen molar-refractivity contribution < 1.29 is 37.7 Å². The molecule has 0 saturated carbocycles. The standard InChI is InChI=1S/C19H14ClF3N4O5S/c20-8-15(29)25-10-4-5-12(11(7-10)19(21,22)23)26-27-18-16-9(2-1-3-13(16)28)6-14(17(18)24)33-32-31-30/h1-7,28,30H,8,24H2,(H,25,29). The van der Waals surface area contributed by atoms with Gasteiger partial charge in [0, 0.05) is 5.69 Å². The van der Waals surface area contributed by atoms with E-state index in [0.717, 1.165) is 6.07 Å². The Kier molecular flexibility index (Phi) is 7.61. The van der Waals surface area contributed by atoms with Crippen LogP contribution in [0.25, 0.3) is 10.8 Å². The van der Waals surface area contributed by atoms with E-state index in [1.54, 1.807) is 6.07 Å². The Morgan fingerprint density at radius 3 is 2.64 bits per heavy atom. The number of rotatable bonds is 7. The van der Waals surface area contributed by atoms with Gasteiger partial charge < -0.3 is 16.2 Å². The minimum absolute atomic E-state index is 0.102. The lowest BCUT2D eigenvalue weighted by Gasteiger charge is -2.13. The van der Waals surface area contributed by atoms with E-state index >= 15 is 0 Å². The predicted molar refractivity (Wildman–Crippen MR) is 116 cm³/mol. The second-order valence-electron chi connectivity index (χ2n) is 6.35. The Hall–Kier alpha value is -3.10. The molecule has 0 heterocycles. The van der Waals surface area contributed by atoms with E-state index in [0.29, 0.717) is 23.5 Å². The van der Waals surface area contributed by atoms with Gasteiger partial charge in [0.1, 0.15) is 17.3 Å². The molecule has 0 radical (unpaired) electrons. The average Bonchev–Trinajstić information content (AvgIpc) is 2.77. The Morgan fingerprint density at radius 2 is 1.97 bits per heavy atom. The fourth-order valence-corrected chi connectivity index (χ4v) is 3.39. The van der Waals surface area contributed by atoms with Gasteiger partial charge in [0.15, 0.2) is 0 Å². The molecule has 174 valence electrons. The number of azo groups is 1. The summed E-state index contributed by atoms with van der Waals surface area (Å²) in [6.07, 6.45) is -4.82. The number of hydrogen-bond acceptors (Lipinski definition) is 9. The molecule has 3 aromatic carbocycles. The topological polar surface area (TPSA) is 139 Å². The van der Waals surface area contributed by atoms with Crippen molar-refractivity contribution in [2.75, 3.05) is 16.9 Å². The van der Waals surface area contributed by atoms with E-state index in [1.807, 2.05) is 0 Å². The van der Waals surface area contributed by atoms with Crippen molar-refractivity contribution >= 4 is 63.1 Å². The number of anilines is 2. The number of nitrogen functional groups attached to an aromatic ring is 1. The molecule has 3 aromatic rings. The van der Waals surface area contributed by atoms with Gasteiger partial charge in [-0.15, -0.1) is 26.2 Å². The second kappa shape index (κ2) is 10.2. The molecule has 9 nitrogen and oxygen atoms in total. The largest absolute Gasteiger partial charge is 0.507 e. The highest BCUT2D eigenvalue weighted by Crippen LogP contribution is 2.45. The van der Waals surface area contributed by atoms with Crippen LogP contribution in [0.4, 0.5) is 35.9 Å². The number of amides is 1. The van der Waals surface area contributed by atoms with Crippen LogP contribution in [-0.4, -0.2) is 22.2 Å². The minimum Gasteiger partial charge on any atom is -0.507 e. The molecule has 0 aromatic heterocycles. The third-order valence-electron chi connectivity index (χ3n) is 4.24. The Labute approximate surface area is 193 Å². The minimum atomic E-state index is -4.82. The molecule has 3 rings (SSSR count). The monoisotopic (exact) mass is 502 g/mol. The van der Waals surface area contributed by atoms with Gasteiger partial charge in [0.25, 0.3) is 0 Å². The summed E-state index contributed by atoms with van der Waals surface area (Å²) in [7, 11) is 0. The van der Waals surface area contributed by atoms with Crippen LogP contribution in [0.1, 0.15) is 5.56 Å². The lowest BCUT2D eigenvalue weighted by Crippen LogP contribution is -2.13. The number of nitrogens with zero attached hydrogens (tertiary/aromatic N) is 2. The molecular weight excluding hydrogens is 489 g/mol. The lowest BCUT2D eigenvalue weighted by atomic mass is 10.1. The summed E-state index contributed by atoms with van der Waals surface area (Å²) in [5, 5.41) is 32.6. The van der Waals surface area contributed by atoms with Crippen molar-refractivity contribution in [2.45, 2.75) is 11.1 Å². The number of halogens is 4. The maximum Gasteiger partial charge on any atom is 0.418 e. The normalized spacial score (nSPS) is 11.9. The van der Waals surface area contributed by atoms with Crippen LogP contribution in [0.2, 0.25) is 0 Å². The number of aromatic hydroxyl groups is 1. The van der Waals surface area contributed by atoms with Crippen molar-refractivity contribution in [1.29, 1.82) is 0 Å². The molecule has 0 saturated heterocycles. The lowest BCUT2D eigenvalue weighted by molar-refractivity contribution is -0.432. The van der Waals surface area contributed by atoms with Crippen LogP contribution >= 0.6 is 23.6 Å². The molecule has 14 heteroatoms. The predicted octanol–water partition coefficient (Wildman–Crippen LogP) is 6.17. The van der Waals surface area contributed by atoms with Gasteiger partial charge in [-0.05, 0) is 35.7 Å². The molecular formula is C19H14ClF3N4O5S. The molecule has 0 bridgehead atoms. The smallest absolute Gasteiger partial charge is 0.418 e. The summed E-state index contributed by atoms with van der Waals surface area (Å²) in [5.74, 6) is -1.35. The number of phenols is 1. The number of hydrogen-bond donors (Lipinski definition) is 4. The maximum atomic E-state index is 13.6. The van der Waals surface area contributed by atoms with Gasteiger partial charge in [0.05, 0.1) is 39.3 Å². The molecule has 5 N–H and O–H groups in total. The number of fused-ring (bicyclic) bond motifs is 1. The van der Waals surface area contributed by atoms with Crippen LogP contribution in [0, 0.1) is 0 Å². The van der Waals surface area contributed by atoms with Gasteiger partial charge in [-0.2, -0.15) is 13.2 Å². The van der Waals surface area contributed by atoms with E-state index in [9.17, 15) is 23.1 Å². The fourth-order valence-electron chi connectivity index (χ4n) is 2.86. The SMILES string of the molecule is Nc1c(SOOO)cc2cccc(O)c2c1N=Nc1ccc(NC(=O)CCl)cc1C(F)(F)F. The summed E-state index contributed by atoms with van der Waals surface area (Å²) in [5.41, 5.74) is 3.95. The van der Waals surface area contributed by atoms with E-state index in [2.05, 4.69) is 24.9 Å². The third kappa shape index (κ3) is 5.64. The zero-order chi connectivity index (χ0) is 24.2. The number of carbonyl (C=O) groups excluding carboxylic acids is 1. The number of nitrogens with one attached hydrogen (secondary N) is 1. The fraction of sp³-hybridized carbons (Fsp3) is 0.105. The van der Waals surface area contributed by atoms with E-state index < -0.39 is 29.2 Å². The summed E-state index contributed by atoms with van der Waals surface area (Å²) in [6.45, 7) is 0. The van der Waals surface area contributed by atoms with Crippen molar-refractivity contribution in [2.24, 2.45) is 10.2 Å². The van der Waals surface area contributed by atoms with Crippen LogP contribution < -0.4 is 11.1 Å². The zero-order valence-corrected chi connectivity index (χ0v) is 17.8. The molecule has 0 spiro atoms. The molecule has 0 aliphatic carbocycles. The average molecular weight is 503 g/mol. The Morgan fingerprint density at radius 1 is 1.21 bits per heavy atom. The molecule has 0 atom stereocenters. The van der Waals surface area contributed by atoms with Crippen LogP contribution in [0.3, 0.4) is 0 Å². The summed E-state index contributed by atoms with van der Waals surface area (Å²) in [4.78, 5) is 11.6. The van der Waals surface area contributed by atoms with Crippen LogP contribution in [0.5, 0.6) is 5.75 Å². The zero-order valence-electron chi connectivity index (χ0n) is 16.3. The number of phenolic OH excluding ortho intramolecular Hbond substituents is 1. The second-order valence-corrected chi connectivity index (χ2v) is 7.36. The van der Waals surface area contributed by atoms with Crippen LogP contribution in [0.15, 0.2) is 57.6 Å². The highest BCUT2D eigenvalue weighted by atomic mass is 35.5. The molecule has 0 aliphatic heterocycles. The van der Waals surface area contributed by atoms with Crippen molar-refractivity contribution in [3.8, 4) is 5.75 Å². The number of benzene rings is 3. The van der Waals surface area contributed by atoms with Gasteiger partial charge in [-0.3, -0.25) is 4.79 Å². The molecule has 1 amide bonds. The number of nitrogens with two attached hydrogens (primary N) is 1. The highest BCUT2D eigenvalue weighted by Gasteiger charge is 2.34. The third-order valence-corrected chi connectivity index (χ3v) is 5.13. The Bertz CT molecular complexity index is 1230. The molecule has 0 fully saturated rings. The Balaban J connectivity index is 2.13. The molecule has 0 unspecified atom stereocenters. The van der Waals surface area contributed by atoms with Gasteiger partial charge >= 0.3 is 6.18 Å². The molecule has 33 heavy (non-hydrogen) atoms. The maximum absolute atomic E-state index is 13.6. The number of carbonyl (C=O) groups is 1. The van der Waals surface area contributed by atoms with E-state index in [1.165, 1.54) is 24.3 Å². The highest BCUT2D eigenvalue weighted by molar-refractivity contribution is 7.94. The molecule has 0 aliphatic rings. The first-order valence-corrected chi connectivity index (χ1v) is 10.1. The quantitative estimate of drug-likeness (QED) is 0.0756. The summed E-state index contributed by atoms with van der Waals surface area (Å²) in [6, 6.07) is 8.85. The van der Waals surface area contributed by atoms with E-state index in [-0.39, 0.29) is 33.1 Å². The van der Waals surface area contributed by atoms with Gasteiger partial charge in [-0.25, -0.2) is 5.26 Å². The first-order valence-electron chi connectivity index (χ1n) is 8.83. The summed E-state index contributed by atoms with van der Waals surface area (Å²) < 4.78 is 45.2.